The number of carbonyl (C=O) groups is 3. The molecule has 5 rings (SSSR count). The first kappa shape index (κ1) is 37.3. The van der Waals surface area contributed by atoms with E-state index >= 15 is 0 Å². The number of carbonyl (C=O) groups excluding carboxylic acids is 3. The van der Waals surface area contributed by atoms with Crippen molar-refractivity contribution in [1.29, 1.82) is 0 Å². The van der Waals surface area contributed by atoms with Crippen molar-refractivity contribution in [2.45, 2.75) is 69.5 Å². The second kappa shape index (κ2) is 15.5. The number of nitrogens with two attached hydrogens (primary N) is 1. The van der Waals surface area contributed by atoms with E-state index in [0.29, 0.717) is 71.2 Å². The number of alkyl halides is 1. The Morgan fingerprint density at radius 2 is 1.81 bits per heavy atom. The third kappa shape index (κ3) is 6.61. The smallest absolute Gasteiger partial charge is 0.375 e. The van der Waals surface area contributed by atoms with Gasteiger partial charge in [0.25, 0.3) is 0 Å². The van der Waals surface area contributed by atoms with Gasteiger partial charge in [-0.1, -0.05) is 32.4 Å². The Hall–Kier alpha value is -1.99. The predicted molar refractivity (Wildman–Crippen MR) is 183 cm³/mol. The number of ether oxygens (including phenoxy) is 4. The highest BCUT2D eigenvalue weighted by atomic mass is 35.5. The molecule has 0 bridgehead atoms. The van der Waals surface area contributed by atoms with Crippen LogP contribution < -0.4 is 5.73 Å². The first-order valence-electron chi connectivity index (χ1n) is 17.1. The van der Waals surface area contributed by atoms with Gasteiger partial charge in [-0.2, -0.15) is 11.8 Å². The zero-order valence-corrected chi connectivity index (χ0v) is 29.8. The predicted octanol–water partition coefficient (Wildman–Crippen LogP) is 4.76. The number of hydrogen-bond donors (Lipinski definition) is 2. The summed E-state index contributed by atoms with van der Waals surface area (Å²) in [6, 6.07) is 3.13. The number of ketones is 2. The second-order valence-electron chi connectivity index (χ2n) is 14.0. The van der Waals surface area contributed by atoms with Crippen molar-refractivity contribution in [3.8, 4) is 0 Å². The molecule has 4 aliphatic carbocycles. The molecule has 3 fully saturated rings. The highest BCUT2D eigenvalue weighted by Gasteiger charge is 2.76. The first-order chi connectivity index (χ1) is 23.0. The lowest BCUT2D eigenvalue weighted by atomic mass is 9.45. The van der Waals surface area contributed by atoms with Crippen LogP contribution in [0.15, 0.2) is 46.6 Å². The Bertz CT molecular complexity index is 1370. The number of halogens is 1. The van der Waals surface area contributed by atoms with Gasteiger partial charge in [0.05, 0.1) is 56.0 Å². The van der Waals surface area contributed by atoms with E-state index in [0.717, 1.165) is 12.0 Å². The van der Waals surface area contributed by atoms with Crippen LogP contribution in [-0.4, -0.2) is 96.9 Å². The van der Waals surface area contributed by atoms with Gasteiger partial charge < -0.3 is 34.2 Å². The maximum atomic E-state index is 14.5. The first-order valence-corrected chi connectivity index (χ1v) is 18.6. The molecular weight excluding hydrogens is 658 g/mol. The van der Waals surface area contributed by atoms with Crippen LogP contribution in [0.5, 0.6) is 0 Å². The minimum atomic E-state index is -1.51. The summed E-state index contributed by atoms with van der Waals surface area (Å²) >= 11 is 9.06. The Kier molecular flexibility index (Phi) is 12.0. The molecule has 0 radical (unpaired) electrons. The van der Waals surface area contributed by atoms with Gasteiger partial charge >= 0.3 is 5.97 Å². The highest BCUT2D eigenvalue weighted by Crippen LogP contribution is 2.72. The largest absolute Gasteiger partial charge is 0.457 e. The molecular formula is C36H50ClNO9S. The normalized spacial score (nSPS) is 35.5. The molecule has 8 atom stereocenters. The van der Waals surface area contributed by atoms with Crippen molar-refractivity contribution in [2.24, 2.45) is 34.3 Å². The average molecular weight is 708 g/mol. The Morgan fingerprint density at radius 1 is 1.10 bits per heavy atom. The van der Waals surface area contributed by atoms with E-state index in [2.05, 4.69) is 0 Å². The number of esters is 1. The number of Topliss-reactive ketones (excluding diaryl/α,β-unsaturated/α-hetero) is 1. The van der Waals surface area contributed by atoms with E-state index in [4.69, 9.17) is 40.7 Å². The number of furan rings is 1. The molecule has 1 aromatic heterocycles. The van der Waals surface area contributed by atoms with Crippen LogP contribution in [0.25, 0.3) is 0 Å². The second-order valence-corrected chi connectivity index (χ2v) is 15.7. The SMILES string of the molecule is CC1CC2C3CCC4=CC(=O)C=CC4(C)C3(Cl)C(O)CC2(C)C1(OC(=O)c1ccco1)C(=O)CSCCOCCOCCOCCCN. The molecule has 266 valence electrons. The molecule has 0 saturated heterocycles. The van der Waals surface area contributed by atoms with Crippen LogP contribution in [0, 0.1) is 28.6 Å². The van der Waals surface area contributed by atoms with Gasteiger partial charge in [-0.05, 0) is 74.8 Å². The minimum Gasteiger partial charge on any atom is -0.457 e. The molecule has 10 nitrogen and oxygen atoms in total. The number of thioether (sulfide) groups is 1. The summed E-state index contributed by atoms with van der Waals surface area (Å²) in [5.74, 6) is -0.914. The van der Waals surface area contributed by atoms with Crippen molar-refractivity contribution in [2.75, 3.05) is 57.7 Å². The van der Waals surface area contributed by atoms with Crippen LogP contribution in [0.2, 0.25) is 0 Å². The summed E-state index contributed by atoms with van der Waals surface area (Å²) in [6.07, 6.45) is 8.33. The van der Waals surface area contributed by atoms with Gasteiger partial charge in [0.2, 0.25) is 5.76 Å². The molecule has 4 aliphatic rings. The lowest BCUT2D eigenvalue weighted by Crippen LogP contribution is -2.69. The van der Waals surface area contributed by atoms with E-state index in [1.54, 1.807) is 18.2 Å². The number of aliphatic hydroxyl groups is 1. The Labute approximate surface area is 292 Å². The van der Waals surface area contributed by atoms with Crippen molar-refractivity contribution < 1.29 is 42.9 Å². The zero-order chi connectivity index (χ0) is 34.6. The molecule has 1 aromatic rings. The third-order valence-electron chi connectivity index (χ3n) is 11.4. The highest BCUT2D eigenvalue weighted by molar-refractivity contribution is 7.99. The van der Waals surface area contributed by atoms with Crippen molar-refractivity contribution >= 4 is 40.9 Å². The van der Waals surface area contributed by atoms with E-state index < -0.39 is 33.4 Å². The molecule has 3 saturated carbocycles. The third-order valence-corrected chi connectivity index (χ3v) is 13.3. The quantitative estimate of drug-likeness (QED) is 0.131. The van der Waals surface area contributed by atoms with Crippen molar-refractivity contribution in [3.05, 3.63) is 48.0 Å². The number of hydrogen-bond acceptors (Lipinski definition) is 11. The summed E-state index contributed by atoms with van der Waals surface area (Å²) < 4.78 is 28.4. The molecule has 1 heterocycles. The number of aliphatic hydroxyl groups excluding tert-OH is 1. The van der Waals surface area contributed by atoms with Gasteiger partial charge in [0.15, 0.2) is 17.2 Å². The van der Waals surface area contributed by atoms with E-state index in [-0.39, 0.29) is 47.3 Å². The molecule has 0 aromatic carbocycles. The Morgan fingerprint density at radius 3 is 2.50 bits per heavy atom. The van der Waals surface area contributed by atoms with Gasteiger partial charge in [-0.25, -0.2) is 4.79 Å². The standard InChI is InChI=1S/C36H50ClNO9S/c1-24-20-28-27-8-7-25-21-26(39)9-10-33(25,2)35(27,37)30(40)22-34(28,3)36(24,47-32(42)29-6-4-13-46-29)31(41)23-48-19-18-45-17-16-44-15-14-43-12-5-11-38/h4,6,9-10,13,21,24,27-28,30,40H,5,7-8,11-12,14-20,22-23,38H2,1-3H3. The number of rotatable bonds is 17. The number of fused-ring (bicyclic) bond motifs is 5. The molecule has 12 heteroatoms. The monoisotopic (exact) mass is 707 g/mol. The summed E-state index contributed by atoms with van der Waals surface area (Å²) in [7, 11) is 0. The van der Waals surface area contributed by atoms with Crippen LogP contribution in [-0.2, 0) is 28.5 Å². The lowest BCUT2D eigenvalue weighted by Gasteiger charge is -2.64. The number of allylic oxidation sites excluding steroid dienone is 4. The van der Waals surface area contributed by atoms with E-state index in [9.17, 15) is 19.5 Å². The van der Waals surface area contributed by atoms with E-state index in [1.807, 2.05) is 26.8 Å². The fraction of sp³-hybridized carbons (Fsp3) is 0.694. The van der Waals surface area contributed by atoms with Crippen molar-refractivity contribution in [3.63, 3.8) is 0 Å². The van der Waals surface area contributed by atoms with Gasteiger partial charge in [-0.15, -0.1) is 11.6 Å². The van der Waals surface area contributed by atoms with Gasteiger partial charge in [0, 0.05) is 29.1 Å². The van der Waals surface area contributed by atoms with Crippen LogP contribution in [0.4, 0.5) is 0 Å². The fourth-order valence-electron chi connectivity index (χ4n) is 9.11. The zero-order valence-electron chi connectivity index (χ0n) is 28.2. The summed E-state index contributed by atoms with van der Waals surface area (Å²) in [5, 5.41) is 12.1. The fourth-order valence-corrected chi connectivity index (χ4v) is 10.4. The lowest BCUT2D eigenvalue weighted by molar-refractivity contribution is -0.177. The van der Waals surface area contributed by atoms with Crippen LogP contribution in [0.1, 0.15) is 63.4 Å². The molecule has 48 heavy (non-hydrogen) atoms. The minimum absolute atomic E-state index is 0.0202. The molecule has 8 unspecified atom stereocenters. The van der Waals surface area contributed by atoms with Gasteiger partial charge in [-0.3, -0.25) is 9.59 Å². The molecule has 0 amide bonds. The summed E-state index contributed by atoms with van der Waals surface area (Å²) in [5.41, 5.74) is 3.24. The van der Waals surface area contributed by atoms with Crippen LogP contribution in [0.3, 0.4) is 0 Å². The average Bonchev–Trinajstić information content (AvgIpc) is 3.67. The maximum absolute atomic E-state index is 14.5. The van der Waals surface area contributed by atoms with E-state index in [1.165, 1.54) is 24.1 Å². The molecule has 0 spiro atoms. The topological polar surface area (TPSA) is 148 Å². The van der Waals surface area contributed by atoms with Gasteiger partial charge in [0.1, 0.15) is 0 Å². The molecule has 3 N–H and O–H groups in total. The molecule has 0 aliphatic heterocycles. The van der Waals surface area contributed by atoms with Crippen molar-refractivity contribution in [1.82, 2.24) is 0 Å². The van der Waals surface area contributed by atoms with Crippen LogP contribution >= 0.6 is 23.4 Å². The summed E-state index contributed by atoms with van der Waals surface area (Å²) in [6.45, 7) is 9.49. The summed E-state index contributed by atoms with van der Waals surface area (Å²) in [4.78, 5) is 39.3. The maximum Gasteiger partial charge on any atom is 0.375 e. The Balaban J connectivity index is 1.28.